The number of benzene rings is 1. The molecule has 0 saturated heterocycles. The number of hydrogen-bond donors (Lipinski definition) is 1. The second-order valence-corrected chi connectivity index (χ2v) is 3.52. The fourth-order valence-electron chi connectivity index (χ4n) is 1.04. The Morgan fingerprint density at radius 1 is 1.46 bits per heavy atom. The molecule has 0 aliphatic heterocycles. The number of hydrogen-bond acceptors (Lipinski definition) is 1. The lowest BCUT2D eigenvalue weighted by atomic mass is 10.1. The first-order valence-electron chi connectivity index (χ1n) is 3.80. The molecule has 4 heteroatoms. The van der Waals surface area contributed by atoms with Gasteiger partial charge in [-0.2, -0.15) is 0 Å². The summed E-state index contributed by atoms with van der Waals surface area (Å²) < 4.78 is 0. The molecular weight excluding hydrogens is 209 g/mol. The maximum atomic E-state index is 10.2. The summed E-state index contributed by atoms with van der Waals surface area (Å²) in [5.74, 6) is 0. The lowest BCUT2D eigenvalue weighted by Crippen LogP contribution is -2.16. The Kier molecular flexibility index (Phi) is 3.58. The predicted octanol–water partition coefficient (Wildman–Crippen LogP) is 2.80. The Hall–Kier alpha value is -0.730. The molecule has 0 aliphatic rings. The highest BCUT2D eigenvalue weighted by atomic mass is 35.5. The molecule has 0 heterocycles. The van der Waals surface area contributed by atoms with Crippen LogP contribution in [0.3, 0.4) is 0 Å². The van der Waals surface area contributed by atoms with Crippen LogP contribution in [0.4, 0.5) is 0 Å². The van der Waals surface area contributed by atoms with Crippen molar-refractivity contribution < 1.29 is 4.79 Å². The summed E-state index contributed by atoms with van der Waals surface area (Å²) in [6.45, 7) is 1.85. The summed E-state index contributed by atoms with van der Waals surface area (Å²) in [6.07, 6.45) is 0.648. The number of amides is 1. The molecule has 13 heavy (non-hydrogen) atoms. The second kappa shape index (κ2) is 4.49. The van der Waals surface area contributed by atoms with Crippen molar-refractivity contribution in [3.63, 3.8) is 0 Å². The second-order valence-electron chi connectivity index (χ2n) is 2.67. The van der Waals surface area contributed by atoms with Gasteiger partial charge in [0.25, 0.3) is 0 Å². The summed E-state index contributed by atoms with van der Waals surface area (Å²) in [5.41, 5.74) is 0.859. The van der Waals surface area contributed by atoms with Crippen LogP contribution in [0.5, 0.6) is 0 Å². The molecule has 1 rings (SSSR count). The average Bonchev–Trinajstić information content (AvgIpc) is 2.04. The zero-order valence-electron chi connectivity index (χ0n) is 7.05. The van der Waals surface area contributed by atoms with Gasteiger partial charge in [0.15, 0.2) is 0 Å². The maximum Gasteiger partial charge on any atom is 0.207 e. The first-order chi connectivity index (χ1) is 6.15. The lowest BCUT2D eigenvalue weighted by Gasteiger charge is -2.12. The molecule has 0 fully saturated rings. The third-order valence-corrected chi connectivity index (χ3v) is 2.31. The van der Waals surface area contributed by atoms with E-state index in [1.807, 2.05) is 6.92 Å². The van der Waals surface area contributed by atoms with Crippen LogP contribution in [0.1, 0.15) is 18.5 Å². The van der Waals surface area contributed by atoms with Gasteiger partial charge in [0, 0.05) is 10.0 Å². The largest absolute Gasteiger partial charge is 0.352 e. The summed E-state index contributed by atoms with van der Waals surface area (Å²) in [6, 6.07) is 5.10. The van der Waals surface area contributed by atoms with Crippen LogP contribution in [0.15, 0.2) is 18.2 Å². The number of rotatable bonds is 3. The van der Waals surface area contributed by atoms with E-state index in [9.17, 15) is 4.79 Å². The van der Waals surface area contributed by atoms with Crippen LogP contribution in [0, 0.1) is 0 Å². The molecule has 1 atom stereocenters. The Balaban J connectivity index is 2.94. The van der Waals surface area contributed by atoms with Crippen molar-refractivity contribution >= 4 is 29.6 Å². The van der Waals surface area contributed by atoms with Gasteiger partial charge in [-0.15, -0.1) is 0 Å². The van der Waals surface area contributed by atoms with E-state index in [0.717, 1.165) is 5.56 Å². The highest BCUT2D eigenvalue weighted by Gasteiger charge is 2.08. The average molecular weight is 218 g/mol. The highest BCUT2D eigenvalue weighted by molar-refractivity contribution is 6.35. The summed E-state index contributed by atoms with van der Waals surface area (Å²) in [7, 11) is 0. The molecule has 1 unspecified atom stereocenters. The fourth-order valence-corrected chi connectivity index (χ4v) is 1.62. The van der Waals surface area contributed by atoms with Gasteiger partial charge in [-0.05, 0) is 24.6 Å². The van der Waals surface area contributed by atoms with E-state index in [0.29, 0.717) is 16.5 Å². The van der Waals surface area contributed by atoms with Gasteiger partial charge in [-0.1, -0.05) is 29.3 Å². The monoisotopic (exact) mass is 217 g/mol. The van der Waals surface area contributed by atoms with Crippen LogP contribution >= 0.6 is 23.2 Å². The van der Waals surface area contributed by atoms with Gasteiger partial charge in [-0.25, -0.2) is 0 Å². The number of halogens is 2. The van der Waals surface area contributed by atoms with E-state index < -0.39 is 0 Å². The third kappa shape index (κ3) is 2.61. The SMILES string of the molecule is CC(NC=O)c1ccc(Cl)cc1Cl. The van der Waals surface area contributed by atoms with Crippen LogP contribution in [-0.2, 0) is 4.79 Å². The van der Waals surface area contributed by atoms with Crippen molar-refractivity contribution in [2.75, 3.05) is 0 Å². The molecule has 0 aromatic heterocycles. The van der Waals surface area contributed by atoms with Crippen LogP contribution < -0.4 is 5.32 Å². The minimum Gasteiger partial charge on any atom is -0.352 e. The molecule has 0 bridgehead atoms. The predicted molar refractivity (Wildman–Crippen MR) is 54.1 cm³/mol. The lowest BCUT2D eigenvalue weighted by molar-refractivity contribution is -0.110. The van der Waals surface area contributed by atoms with Gasteiger partial charge in [0.2, 0.25) is 6.41 Å². The van der Waals surface area contributed by atoms with E-state index >= 15 is 0 Å². The molecular formula is C9H9Cl2NO. The molecule has 1 amide bonds. The van der Waals surface area contributed by atoms with Gasteiger partial charge < -0.3 is 5.32 Å². The van der Waals surface area contributed by atoms with Crippen molar-refractivity contribution in [1.82, 2.24) is 5.32 Å². The summed E-state index contributed by atoms with van der Waals surface area (Å²) in [5, 5.41) is 3.77. The molecule has 70 valence electrons. The standard InChI is InChI=1S/C9H9Cl2NO/c1-6(12-5-13)8-3-2-7(10)4-9(8)11/h2-6H,1H3,(H,12,13). The van der Waals surface area contributed by atoms with E-state index in [4.69, 9.17) is 23.2 Å². The summed E-state index contributed by atoms with van der Waals surface area (Å²) >= 11 is 11.6. The molecule has 0 spiro atoms. The minimum atomic E-state index is -0.0951. The van der Waals surface area contributed by atoms with Crippen molar-refractivity contribution in [3.05, 3.63) is 33.8 Å². The van der Waals surface area contributed by atoms with Crippen LogP contribution in [0.2, 0.25) is 10.0 Å². The summed E-state index contributed by atoms with van der Waals surface area (Å²) in [4.78, 5) is 10.2. The van der Waals surface area contributed by atoms with E-state index in [2.05, 4.69) is 5.32 Å². The Bertz CT molecular complexity index is 314. The third-order valence-electron chi connectivity index (χ3n) is 1.75. The number of carbonyl (C=O) groups is 1. The van der Waals surface area contributed by atoms with Crippen LogP contribution in [-0.4, -0.2) is 6.41 Å². The Morgan fingerprint density at radius 2 is 2.15 bits per heavy atom. The minimum absolute atomic E-state index is 0.0951. The first-order valence-corrected chi connectivity index (χ1v) is 4.55. The van der Waals surface area contributed by atoms with Crippen molar-refractivity contribution in [2.45, 2.75) is 13.0 Å². The van der Waals surface area contributed by atoms with E-state index in [1.165, 1.54) is 0 Å². The van der Waals surface area contributed by atoms with Gasteiger partial charge in [0.1, 0.15) is 0 Å². The normalized spacial score (nSPS) is 12.2. The molecule has 0 aliphatic carbocycles. The quantitative estimate of drug-likeness (QED) is 0.776. The molecule has 1 N–H and O–H groups in total. The molecule has 2 nitrogen and oxygen atoms in total. The zero-order valence-corrected chi connectivity index (χ0v) is 8.56. The zero-order chi connectivity index (χ0) is 9.84. The molecule has 1 aromatic carbocycles. The van der Waals surface area contributed by atoms with Gasteiger partial charge in [0.05, 0.1) is 6.04 Å². The fraction of sp³-hybridized carbons (Fsp3) is 0.222. The number of carbonyl (C=O) groups excluding carboxylic acids is 1. The smallest absolute Gasteiger partial charge is 0.207 e. The van der Waals surface area contributed by atoms with E-state index in [1.54, 1.807) is 18.2 Å². The van der Waals surface area contributed by atoms with Crippen LogP contribution in [0.25, 0.3) is 0 Å². The Labute approximate surface area is 86.8 Å². The first kappa shape index (κ1) is 10.4. The van der Waals surface area contributed by atoms with Gasteiger partial charge in [-0.3, -0.25) is 4.79 Å². The maximum absolute atomic E-state index is 10.2. The van der Waals surface area contributed by atoms with Gasteiger partial charge >= 0.3 is 0 Å². The molecule has 0 radical (unpaired) electrons. The topological polar surface area (TPSA) is 29.1 Å². The van der Waals surface area contributed by atoms with Crippen molar-refractivity contribution in [1.29, 1.82) is 0 Å². The molecule has 0 saturated carbocycles. The van der Waals surface area contributed by atoms with Crippen molar-refractivity contribution in [2.24, 2.45) is 0 Å². The van der Waals surface area contributed by atoms with Crippen molar-refractivity contribution in [3.8, 4) is 0 Å². The Morgan fingerprint density at radius 3 is 2.69 bits per heavy atom. The van der Waals surface area contributed by atoms with E-state index in [-0.39, 0.29) is 6.04 Å². The number of nitrogens with one attached hydrogen (secondary N) is 1. The highest BCUT2D eigenvalue weighted by Crippen LogP contribution is 2.25. The molecule has 1 aromatic rings.